The molecule has 4 aromatic heterocycles. The summed E-state index contributed by atoms with van der Waals surface area (Å²) in [4.78, 5) is 10.6. The van der Waals surface area contributed by atoms with Crippen LogP contribution in [-0.2, 0) is 5.41 Å². The number of aromatic nitrogens is 4. The molecule has 0 N–H and O–H groups in total. The van der Waals surface area contributed by atoms with Gasteiger partial charge in [0.05, 0.1) is 85.9 Å². The summed E-state index contributed by atoms with van der Waals surface area (Å²) < 4.78 is 11.2. The fraction of sp³-hybridized carbons (Fsp3) is 0.0204. The Balaban J connectivity index is 1.19. The summed E-state index contributed by atoms with van der Waals surface area (Å²) in [6.07, 6.45) is 3.89. The van der Waals surface area contributed by atoms with Crippen molar-refractivity contribution < 1.29 is 4.74 Å². The summed E-state index contributed by atoms with van der Waals surface area (Å²) in [5, 5.41) is 23.8. The van der Waals surface area contributed by atoms with Gasteiger partial charge in [0, 0.05) is 43.8 Å². The lowest BCUT2D eigenvalue weighted by Gasteiger charge is -2.39. The first kappa shape index (κ1) is 30.5. The first-order chi connectivity index (χ1) is 27.7. The van der Waals surface area contributed by atoms with Crippen molar-refractivity contribution >= 4 is 43.6 Å². The highest BCUT2D eigenvalue weighted by atomic mass is 16.5. The largest absolute Gasteiger partial charge is 0.457 e. The van der Waals surface area contributed by atoms with E-state index in [4.69, 9.17) is 14.7 Å². The highest BCUT2D eigenvalue weighted by molar-refractivity contribution is 6.11. The molecule has 56 heavy (non-hydrogen) atoms. The van der Waals surface area contributed by atoms with Gasteiger partial charge in [0.15, 0.2) is 0 Å². The third-order valence-electron chi connectivity index (χ3n) is 11.7. The van der Waals surface area contributed by atoms with Crippen LogP contribution in [0.25, 0.3) is 66.4 Å². The molecule has 2 aliphatic rings. The Hall–Kier alpha value is -8.00. The molecule has 7 heteroatoms. The average Bonchev–Trinajstić information content (AvgIpc) is 3.87. The molecule has 0 radical (unpaired) electrons. The van der Waals surface area contributed by atoms with Gasteiger partial charge in [-0.25, -0.2) is 0 Å². The zero-order chi connectivity index (χ0) is 37.1. The van der Waals surface area contributed by atoms with Crippen LogP contribution in [0.3, 0.4) is 0 Å². The monoisotopic (exact) mass is 714 g/mol. The second-order valence-corrected chi connectivity index (χ2v) is 14.4. The second-order valence-electron chi connectivity index (χ2n) is 14.4. The van der Waals surface area contributed by atoms with Crippen LogP contribution < -0.4 is 4.74 Å². The SMILES string of the molecule is N#Cc1ccc2c(c1)c1cc(C#N)ccc1n2-c1cnc2c(c1)C1(c3ccccc3Oc3ccccc31)c1cc(-n3c4ccccc4c4ccccc43)cnc1-2. The molecule has 1 aliphatic heterocycles. The lowest BCUT2D eigenvalue weighted by molar-refractivity contribution is 0.436. The van der Waals surface area contributed by atoms with E-state index in [-0.39, 0.29) is 0 Å². The number of rotatable bonds is 2. The number of fused-ring (bicyclic) bond motifs is 15. The molecular weight excluding hydrogens is 689 g/mol. The fourth-order valence-corrected chi connectivity index (χ4v) is 9.46. The van der Waals surface area contributed by atoms with E-state index in [2.05, 4.69) is 106 Å². The van der Waals surface area contributed by atoms with Gasteiger partial charge in [-0.05, 0) is 72.8 Å². The van der Waals surface area contributed by atoms with E-state index in [1.165, 1.54) is 10.8 Å². The predicted octanol–water partition coefficient (Wildman–Crippen LogP) is 10.9. The fourth-order valence-electron chi connectivity index (χ4n) is 9.46. The molecule has 258 valence electrons. The highest BCUT2D eigenvalue weighted by Crippen LogP contribution is 2.61. The minimum Gasteiger partial charge on any atom is -0.457 e. The van der Waals surface area contributed by atoms with Crippen molar-refractivity contribution in [1.29, 1.82) is 10.5 Å². The smallest absolute Gasteiger partial charge is 0.132 e. The lowest BCUT2D eigenvalue weighted by atomic mass is 9.66. The quantitative estimate of drug-likeness (QED) is 0.178. The molecule has 5 heterocycles. The minimum absolute atomic E-state index is 0.556. The number of pyridine rings is 2. The molecule has 0 saturated carbocycles. The van der Waals surface area contributed by atoms with Crippen LogP contribution in [0.5, 0.6) is 11.5 Å². The zero-order valence-electron chi connectivity index (χ0n) is 29.6. The maximum absolute atomic E-state index is 9.83. The molecule has 0 atom stereocenters. The molecule has 0 bridgehead atoms. The van der Waals surface area contributed by atoms with Gasteiger partial charge in [-0.15, -0.1) is 0 Å². The van der Waals surface area contributed by atoms with Crippen molar-refractivity contribution in [2.75, 3.05) is 0 Å². The summed E-state index contributed by atoms with van der Waals surface area (Å²) in [5.74, 6) is 1.56. The second kappa shape index (κ2) is 11.0. The van der Waals surface area contributed by atoms with Crippen molar-refractivity contribution in [3.63, 3.8) is 0 Å². The third kappa shape index (κ3) is 3.83. The van der Waals surface area contributed by atoms with E-state index in [1.807, 2.05) is 73.1 Å². The predicted molar refractivity (Wildman–Crippen MR) is 218 cm³/mol. The Kier molecular flexibility index (Phi) is 5.99. The Morgan fingerprint density at radius 3 is 1.36 bits per heavy atom. The molecule has 0 saturated heterocycles. The molecule has 1 spiro atoms. The summed E-state index contributed by atoms with van der Waals surface area (Å²) in [5.41, 5.74) is 11.8. The van der Waals surface area contributed by atoms with Crippen molar-refractivity contribution in [3.05, 3.63) is 191 Å². The first-order valence-corrected chi connectivity index (χ1v) is 18.4. The van der Waals surface area contributed by atoms with Gasteiger partial charge in [0.2, 0.25) is 0 Å². The molecular formula is C49H26N6O. The van der Waals surface area contributed by atoms with Crippen molar-refractivity contribution in [1.82, 2.24) is 19.1 Å². The zero-order valence-corrected chi connectivity index (χ0v) is 29.6. The number of para-hydroxylation sites is 4. The van der Waals surface area contributed by atoms with Crippen LogP contribution in [0.1, 0.15) is 33.4 Å². The van der Waals surface area contributed by atoms with Crippen LogP contribution in [-0.4, -0.2) is 19.1 Å². The number of hydrogen-bond acceptors (Lipinski definition) is 5. The molecule has 12 rings (SSSR count). The van der Waals surface area contributed by atoms with Crippen molar-refractivity contribution in [2.24, 2.45) is 0 Å². The van der Waals surface area contributed by atoms with Crippen LogP contribution >= 0.6 is 0 Å². The Morgan fingerprint density at radius 2 is 0.875 bits per heavy atom. The molecule has 7 nitrogen and oxygen atoms in total. The number of hydrogen-bond donors (Lipinski definition) is 0. The topological polar surface area (TPSA) is 92.5 Å². The third-order valence-corrected chi connectivity index (χ3v) is 11.7. The standard InChI is InChI=1S/C49H26N6O/c50-25-29-17-19-43-35(21-29)36-22-30(26-51)18-20-44(36)55(43)32-24-40-48(53-28-32)47-39(49(40)37-11-3-7-15-45(37)56-46-16-8-4-12-38(46)49)23-31(27-52-47)54-41-13-5-1-9-33(41)34-10-2-6-14-42(34)54/h1-24,27-28H. The molecule has 10 aromatic rings. The van der Waals surface area contributed by atoms with Gasteiger partial charge in [-0.1, -0.05) is 72.8 Å². The van der Waals surface area contributed by atoms with Crippen LogP contribution in [0, 0.1) is 22.7 Å². The number of ether oxygens (including phenoxy) is 1. The van der Waals surface area contributed by atoms with Gasteiger partial charge in [-0.3, -0.25) is 9.97 Å². The number of nitrogens with zero attached hydrogens (tertiary/aromatic N) is 6. The maximum Gasteiger partial charge on any atom is 0.132 e. The molecule has 6 aromatic carbocycles. The van der Waals surface area contributed by atoms with E-state index in [1.54, 1.807) is 0 Å². The van der Waals surface area contributed by atoms with Gasteiger partial charge in [0.1, 0.15) is 11.5 Å². The van der Waals surface area contributed by atoms with Gasteiger partial charge in [-0.2, -0.15) is 10.5 Å². The van der Waals surface area contributed by atoms with Crippen LogP contribution in [0.15, 0.2) is 158 Å². The number of nitriles is 2. The van der Waals surface area contributed by atoms with Gasteiger partial charge in [0.25, 0.3) is 0 Å². The van der Waals surface area contributed by atoms with Crippen molar-refractivity contribution in [2.45, 2.75) is 5.41 Å². The Morgan fingerprint density at radius 1 is 0.446 bits per heavy atom. The summed E-state index contributed by atoms with van der Waals surface area (Å²) in [6, 6.07) is 54.2. The molecule has 0 unspecified atom stereocenters. The Bertz CT molecular complexity index is 3280. The summed E-state index contributed by atoms with van der Waals surface area (Å²) in [7, 11) is 0. The lowest BCUT2D eigenvalue weighted by Crippen LogP contribution is -2.32. The number of benzene rings is 6. The summed E-state index contributed by atoms with van der Waals surface area (Å²) >= 11 is 0. The summed E-state index contributed by atoms with van der Waals surface area (Å²) in [6.45, 7) is 0. The normalized spacial score (nSPS) is 13.2. The minimum atomic E-state index is -0.832. The molecule has 1 aliphatic carbocycles. The maximum atomic E-state index is 9.83. The van der Waals surface area contributed by atoms with Crippen molar-refractivity contribution in [3.8, 4) is 46.4 Å². The van der Waals surface area contributed by atoms with E-state index in [9.17, 15) is 10.5 Å². The average molecular weight is 715 g/mol. The van der Waals surface area contributed by atoms with Gasteiger partial charge >= 0.3 is 0 Å². The van der Waals surface area contributed by atoms with E-state index in [0.717, 1.165) is 89.4 Å². The molecule has 0 amide bonds. The van der Waals surface area contributed by atoms with Crippen LogP contribution in [0.2, 0.25) is 0 Å². The molecule has 0 fully saturated rings. The highest BCUT2D eigenvalue weighted by Gasteiger charge is 2.53. The van der Waals surface area contributed by atoms with Gasteiger partial charge < -0.3 is 13.9 Å². The van der Waals surface area contributed by atoms with E-state index >= 15 is 0 Å². The van der Waals surface area contributed by atoms with E-state index in [0.29, 0.717) is 11.1 Å². The van der Waals surface area contributed by atoms with E-state index < -0.39 is 5.41 Å². The van der Waals surface area contributed by atoms with Crippen LogP contribution in [0.4, 0.5) is 0 Å². The first-order valence-electron chi connectivity index (χ1n) is 18.4. The Labute approximate surface area is 320 Å².